The molecule has 0 aliphatic heterocycles. The van der Waals surface area contributed by atoms with E-state index in [4.69, 9.17) is 0 Å². The predicted octanol–water partition coefficient (Wildman–Crippen LogP) is 3.87. The maximum atomic E-state index is 3.57. The van der Waals surface area contributed by atoms with Crippen LogP contribution in [0, 0.1) is 20.8 Å². The SMILES string of the molecule is Cc1cc(C)c(CNC(C)CCBr)c(C)c1. The topological polar surface area (TPSA) is 12.0 Å². The second-order valence-corrected chi connectivity index (χ2v) is 5.43. The molecule has 0 heterocycles. The van der Waals surface area contributed by atoms with Gasteiger partial charge in [-0.1, -0.05) is 33.6 Å². The van der Waals surface area contributed by atoms with Crippen LogP contribution in [0.3, 0.4) is 0 Å². The summed E-state index contributed by atoms with van der Waals surface area (Å²) in [6.07, 6.45) is 1.17. The molecule has 1 nitrogen and oxygen atoms in total. The first-order chi connectivity index (χ1) is 7.54. The molecule has 0 saturated carbocycles. The Morgan fingerprint density at radius 2 is 1.75 bits per heavy atom. The molecule has 0 fully saturated rings. The Labute approximate surface area is 108 Å². The van der Waals surface area contributed by atoms with Crippen LogP contribution in [0.4, 0.5) is 0 Å². The van der Waals surface area contributed by atoms with Gasteiger partial charge in [0.2, 0.25) is 0 Å². The van der Waals surface area contributed by atoms with E-state index in [1.807, 2.05) is 0 Å². The summed E-state index contributed by atoms with van der Waals surface area (Å²) in [5, 5.41) is 4.63. The minimum atomic E-state index is 0.569. The molecule has 1 aromatic carbocycles. The summed E-state index contributed by atoms with van der Waals surface area (Å²) in [5.41, 5.74) is 5.60. The Morgan fingerprint density at radius 3 is 2.25 bits per heavy atom. The molecule has 0 amide bonds. The monoisotopic (exact) mass is 283 g/mol. The third-order valence-electron chi connectivity index (χ3n) is 3.01. The maximum absolute atomic E-state index is 3.57. The normalized spacial score (nSPS) is 12.8. The lowest BCUT2D eigenvalue weighted by atomic mass is 9.99. The highest BCUT2D eigenvalue weighted by Crippen LogP contribution is 2.16. The number of hydrogen-bond acceptors (Lipinski definition) is 1. The summed E-state index contributed by atoms with van der Waals surface area (Å²) in [4.78, 5) is 0. The zero-order valence-corrected chi connectivity index (χ0v) is 12.3. The van der Waals surface area contributed by atoms with E-state index in [-0.39, 0.29) is 0 Å². The van der Waals surface area contributed by atoms with Gasteiger partial charge in [-0.3, -0.25) is 0 Å². The summed E-state index contributed by atoms with van der Waals surface area (Å²) in [7, 11) is 0. The van der Waals surface area contributed by atoms with E-state index >= 15 is 0 Å². The summed E-state index contributed by atoms with van der Waals surface area (Å²) in [5.74, 6) is 0. The molecular formula is C14H22BrN. The van der Waals surface area contributed by atoms with Gasteiger partial charge < -0.3 is 5.32 Å². The molecule has 1 aromatic rings. The van der Waals surface area contributed by atoms with Gasteiger partial charge in [0.25, 0.3) is 0 Å². The van der Waals surface area contributed by atoms with Crippen LogP contribution in [0.15, 0.2) is 12.1 Å². The average molecular weight is 284 g/mol. The lowest BCUT2D eigenvalue weighted by Gasteiger charge is -2.16. The number of nitrogens with one attached hydrogen (secondary N) is 1. The van der Waals surface area contributed by atoms with E-state index in [0.717, 1.165) is 11.9 Å². The van der Waals surface area contributed by atoms with Gasteiger partial charge in [-0.05, 0) is 50.8 Å². The number of alkyl halides is 1. The fourth-order valence-electron chi connectivity index (χ4n) is 2.03. The molecule has 0 spiro atoms. The number of halogens is 1. The first-order valence-electron chi connectivity index (χ1n) is 5.90. The molecular weight excluding hydrogens is 262 g/mol. The van der Waals surface area contributed by atoms with Crippen molar-refractivity contribution in [1.82, 2.24) is 5.32 Å². The zero-order valence-electron chi connectivity index (χ0n) is 10.7. The maximum Gasteiger partial charge on any atom is 0.0213 e. The quantitative estimate of drug-likeness (QED) is 0.809. The Morgan fingerprint density at radius 1 is 1.19 bits per heavy atom. The van der Waals surface area contributed by atoms with Gasteiger partial charge in [0.1, 0.15) is 0 Å². The highest BCUT2D eigenvalue weighted by atomic mass is 79.9. The lowest BCUT2D eigenvalue weighted by Crippen LogP contribution is -2.26. The number of aryl methyl sites for hydroxylation is 3. The first-order valence-corrected chi connectivity index (χ1v) is 7.02. The van der Waals surface area contributed by atoms with Crippen LogP contribution in [-0.2, 0) is 6.54 Å². The highest BCUT2D eigenvalue weighted by molar-refractivity contribution is 9.09. The average Bonchev–Trinajstić information content (AvgIpc) is 2.16. The summed E-state index contributed by atoms with van der Waals surface area (Å²) in [6, 6.07) is 5.10. The second-order valence-electron chi connectivity index (χ2n) is 4.64. The number of rotatable bonds is 5. The lowest BCUT2D eigenvalue weighted by molar-refractivity contribution is 0.536. The molecule has 1 atom stereocenters. The molecule has 0 saturated heterocycles. The van der Waals surface area contributed by atoms with Crippen molar-refractivity contribution in [2.24, 2.45) is 0 Å². The van der Waals surface area contributed by atoms with Crippen LogP contribution in [0.1, 0.15) is 35.6 Å². The van der Waals surface area contributed by atoms with Crippen LogP contribution < -0.4 is 5.32 Å². The minimum absolute atomic E-state index is 0.569. The van der Waals surface area contributed by atoms with E-state index in [1.165, 1.54) is 28.7 Å². The third kappa shape index (κ3) is 3.91. The molecule has 0 aliphatic rings. The molecule has 1 unspecified atom stereocenters. The van der Waals surface area contributed by atoms with E-state index in [9.17, 15) is 0 Å². The Hall–Kier alpha value is -0.340. The predicted molar refractivity (Wildman–Crippen MR) is 75.4 cm³/mol. The van der Waals surface area contributed by atoms with E-state index < -0.39 is 0 Å². The second kappa shape index (κ2) is 6.41. The summed E-state index contributed by atoms with van der Waals surface area (Å²) < 4.78 is 0. The van der Waals surface area contributed by atoms with Gasteiger partial charge in [-0.2, -0.15) is 0 Å². The molecule has 16 heavy (non-hydrogen) atoms. The summed E-state index contributed by atoms with van der Waals surface area (Å²) >= 11 is 3.47. The van der Waals surface area contributed by atoms with Crippen LogP contribution in [0.5, 0.6) is 0 Å². The van der Waals surface area contributed by atoms with Crippen molar-refractivity contribution in [3.05, 3.63) is 34.4 Å². The van der Waals surface area contributed by atoms with Crippen molar-refractivity contribution in [3.63, 3.8) is 0 Å². The minimum Gasteiger partial charge on any atom is -0.310 e. The number of benzene rings is 1. The standard InChI is InChI=1S/C14H22BrN/c1-10-7-11(2)14(12(3)8-10)9-16-13(4)5-6-15/h7-8,13,16H,5-6,9H2,1-4H3. The van der Waals surface area contributed by atoms with Crippen molar-refractivity contribution >= 4 is 15.9 Å². The van der Waals surface area contributed by atoms with E-state index in [0.29, 0.717) is 6.04 Å². The molecule has 0 aromatic heterocycles. The van der Waals surface area contributed by atoms with Crippen molar-refractivity contribution in [1.29, 1.82) is 0 Å². The van der Waals surface area contributed by atoms with Gasteiger partial charge in [-0.15, -0.1) is 0 Å². The third-order valence-corrected chi connectivity index (χ3v) is 3.47. The Kier molecular flexibility index (Phi) is 5.50. The van der Waals surface area contributed by atoms with Crippen LogP contribution in [0.25, 0.3) is 0 Å². The highest BCUT2D eigenvalue weighted by Gasteiger charge is 2.05. The largest absolute Gasteiger partial charge is 0.310 e. The summed E-state index contributed by atoms with van der Waals surface area (Å²) in [6.45, 7) is 9.77. The van der Waals surface area contributed by atoms with Gasteiger partial charge in [0.15, 0.2) is 0 Å². The Balaban J connectivity index is 2.67. The molecule has 0 radical (unpaired) electrons. The first kappa shape index (κ1) is 13.7. The van der Waals surface area contributed by atoms with Crippen LogP contribution in [0.2, 0.25) is 0 Å². The van der Waals surface area contributed by atoms with E-state index in [1.54, 1.807) is 0 Å². The van der Waals surface area contributed by atoms with Gasteiger partial charge in [0, 0.05) is 17.9 Å². The fourth-order valence-corrected chi connectivity index (χ4v) is 2.72. The molecule has 0 bridgehead atoms. The Bertz CT molecular complexity index is 324. The smallest absolute Gasteiger partial charge is 0.0213 e. The van der Waals surface area contributed by atoms with Crippen molar-refractivity contribution < 1.29 is 0 Å². The molecule has 1 rings (SSSR count). The van der Waals surface area contributed by atoms with Crippen LogP contribution >= 0.6 is 15.9 Å². The van der Waals surface area contributed by atoms with Crippen LogP contribution in [-0.4, -0.2) is 11.4 Å². The molecule has 0 aliphatic carbocycles. The molecule has 2 heteroatoms. The zero-order chi connectivity index (χ0) is 12.1. The van der Waals surface area contributed by atoms with E-state index in [2.05, 4.69) is 61.1 Å². The van der Waals surface area contributed by atoms with Crippen molar-refractivity contribution in [3.8, 4) is 0 Å². The van der Waals surface area contributed by atoms with Gasteiger partial charge >= 0.3 is 0 Å². The number of hydrogen-bond donors (Lipinski definition) is 1. The van der Waals surface area contributed by atoms with Crippen molar-refractivity contribution in [2.75, 3.05) is 5.33 Å². The molecule has 1 N–H and O–H groups in total. The molecule has 90 valence electrons. The van der Waals surface area contributed by atoms with Crippen molar-refractivity contribution in [2.45, 2.75) is 46.7 Å². The fraction of sp³-hybridized carbons (Fsp3) is 0.571. The van der Waals surface area contributed by atoms with Gasteiger partial charge in [-0.25, -0.2) is 0 Å². The van der Waals surface area contributed by atoms with Gasteiger partial charge in [0.05, 0.1) is 0 Å².